The Labute approximate surface area is 83.1 Å². The number of aryl methyl sites for hydroxylation is 2. The van der Waals surface area contributed by atoms with Crippen LogP contribution in [-0.2, 0) is 17.6 Å². The third-order valence-corrected chi connectivity index (χ3v) is 1.87. The Balaban J connectivity index is 2.31. The van der Waals surface area contributed by atoms with Gasteiger partial charge in [0, 0.05) is 32.4 Å². The van der Waals surface area contributed by atoms with Crippen molar-refractivity contribution in [2.75, 3.05) is 19.6 Å². The number of hydrogen-bond acceptors (Lipinski definition) is 3. The van der Waals surface area contributed by atoms with Crippen molar-refractivity contribution < 1.29 is 9.15 Å². The molecule has 0 bridgehead atoms. The molecule has 74 valence electrons. The zero-order valence-electron chi connectivity index (χ0n) is 7.75. The first-order chi connectivity index (χ1) is 6.36. The molecular formula is C9H14ClNO2. The SMILES string of the molecule is COCCCc1cnc(CCCl)o1. The molecule has 0 atom stereocenters. The minimum Gasteiger partial charge on any atom is -0.446 e. The number of nitrogens with zero attached hydrogens (tertiary/aromatic N) is 1. The number of hydrogen-bond donors (Lipinski definition) is 0. The average Bonchev–Trinajstić information content (AvgIpc) is 2.54. The quantitative estimate of drug-likeness (QED) is 0.524. The van der Waals surface area contributed by atoms with E-state index in [0.717, 1.165) is 31.1 Å². The first-order valence-electron chi connectivity index (χ1n) is 4.35. The van der Waals surface area contributed by atoms with Gasteiger partial charge in [-0.3, -0.25) is 0 Å². The zero-order chi connectivity index (χ0) is 9.52. The molecule has 1 heterocycles. The fourth-order valence-corrected chi connectivity index (χ4v) is 1.21. The maximum Gasteiger partial charge on any atom is 0.195 e. The fraction of sp³-hybridized carbons (Fsp3) is 0.667. The lowest BCUT2D eigenvalue weighted by molar-refractivity contribution is 0.193. The molecule has 1 rings (SSSR count). The summed E-state index contributed by atoms with van der Waals surface area (Å²) in [6, 6.07) is 0. The van der Waals surface area contributed by atoms with Crippen LogP contribution in [0.25, 0.3) is 0 Å². The van der Waals surface area contributed by atoms with Crippen LogP contribution in [0.5, 0.6) is 0 Å². The van der Waals surface area contributed by atoms with Gasteiger partial charge in [-0.1, -0.05) is 0 Å². The van der Waals surface area contributed by atoms with Gasteiger partial charge in [-0.2, -0.15) is 0 Å². The van der Waals surface area contributed by atoms with Crippen molar-refractivity contribution in [3.8, 4) is 0 Å². The smallest absolute Gasteiger partial charge is 0.195 e. The van der Waals surface area contributed by atoms with Crippen molar-refractivity contribution in [2.45, 2.75) is 19.3 Å². The second-order valence-electron chi connectivity index (χ2n) is 2.76. The van der Waals surface area contributed by atoms with Gasteiger partial charge in [0.25, 0.3) is 0 Å². The van der Waals surface area contributed by atoms with E-state index in [4.69, 9.17) is 20.8 Å². The number of ether oxygens (including phenoxy) is 1. The van der Waals surface area contributed by atoms with E-state index in [1.165, 1.54) is 0 Å². The molecule has 0 radical (unpaired) electrons. The summed E-state index contributed by atoms with van der Waals surface area (Å²) in [5.41, 5.74) is 0. The molecule has 0 aromatic carbocycles. The molecule has 0 fully saturated rings. The largest absolute Gasteiger partial charge is 0.446 e. The highest BCUT2D eigenvalue weighted by Gasteiger charge is 2.02. The molecule has 0 spiro atoms. The third kappa shape index (κ3) is 3.79. The molecule has 1 aromatic rings. The van der Waals surface area contributed by atoms with Gasteiger partial charge in [0.2, 0.25) is 0 Å². The van der Waals surface area contributed by atoms with E-state index in [1.807, 2.05) is 0 Å². The van der Waals surface area contributed by atoms with Gasteiger partial charge in [-0.05, 0) is 6.42 Å². The minimum atomic E-state index is 0.554. The maximum atomic E-state index is 5.55. The van der Waals surface area contributed by atoms with Crippen LogP contribution in [0.3, 0.4) is 0 Å². The summed E-state index contributed by atoms with van der Waals surface area (Å²) in [5, 5.41) is 0. The predicted octanol–water partition coefficient (Wildman–Crippen LogP) is 2.03. The van der Waals surface area contributed by atoms with E-state index < -0.39 is 0 Å². The minimum absolute atomic E-state index is 0.554. The van der Waals surface area contributed by atoms with E-state index in [0.29, 0.717) is 12.3 Å². The number of methoxy groups -OCH3 is 1. The van der Waals surface area contributed by atoms with E-state index in [9.17, 15) is 0 Å². The molecule has 13 heavy (non-hydrogen) atoms. The lowest BCUT2D eigenvalue weighted by Crippen LogP contribution is -1.90. The van der Waals surface area contributed by atoms with Gasteiger partial charge in [-0.15, -0.1) is 11.6 Å². The zero-order valence-corrected chi connectivity index (χ0v) is 8.51. The molecule has 0 aliphatic rings. The van der Waals surface area contributed by atoms with Crippen LogP contribution >= 0.6 is 11.6 Å². The summed E-state index contributed by atoms with van der Waals surface area (Å²) < 4.78 is 10.4. The summed E-state index contributed by atoms with van der Waals surface area (Å²) in [4.78, 5) is 4.09. The van der Waals surface area contributed by atoms with Crippen LogP contribution in [0.1, 0.15) is 18.1 Å². The van der Waals surface area contributed by atoms with Crippen molar-refractivity contribution in [3.05, 3.63) is 17.8 Å². The number of alkyl halides is 1. The van der Waals surface area contributed by atoms with Gasteiger partial charge >= 0.3 is 0 Å². The molecule has 0 unspecified atom stereocenters. The van der Waals surface area contributed by atoms with Gasteiger partial charge in [-0.25, -0.2) is 4.98 Å². The standard InChI is InChI=1S/C9H14ClNO2/c1-12-6-2-3-8-7-11-9(13-8)4-5-10/h7H,2-6H2,1H3. The topological polar surface area (TPSA) is 35.3 Å². The lowest BCUT2D eigenvalue weighted by atomic mass is 10.3. The van der Waals surface area contributed by atoms with Crippen LogP contribution in [-0.4, -0.2) is 24.6 Å². The molecule has 4 heteroatoms. The molecule has 3 nitrogen and oxygen atoms in total. The van der Waals surface area contributed by atoms with Crippen LogP contribution in [0.4, 0.5) is 0 Å². The van der Waals surface area contributed by atoms with Crippen LogP contribution in [0, 0.1) is 0 Å². The van der Waals surface area contributed by atoms with E-state index in [1.54, 1.807) is 13.3 Å². The maximum absolute atomic E-state index is 5.55. The molecule has 1 aromatic heterocycles. The van der Waals surface area contributed by atoms with E-state index >= 15 is 0 Å². The Hall–Kier alpha value is -0.540. The Morgan fingerprint density at radius 1 is 1.54 bits per heavy atom. The summed E-state index contributed by atoms with van der Waals surface area (Å²) in [6.45, 7) is 0.755. The van der Waals surface area contributed by atoms with Crippen LogP contribution < -0.4 is 0 Å². The Morgan fingerprint density at radius 3 is 3.08 bits per heavy atom. The molecule has 0 saturated carbocycles. The van der Waals surface area contributed by atoms with Gasteiger partial charge in [0.1, 0.15) is 5.76 Å². The molecule has 0 N–H and O–H groups in total. The van der Waals surface area contributed by atoms with Gasteiger partial charge in [0.15, 0.2) is 5.89 Å². The Bertz CT molecular complexity index is 237. The fourth-order valence-electron chi connectivity index (χ4n) is 1.05. The van der Waals surface area contributed by atoms with Crippen molar-refractivity contribution in [2.24, 2.45) is 0 Å². The molecule has 0 amide bonds. The second-order valence-corrected chi connectivity index (χ2v) is 3.13. The van der Waals surface area contributed by atoms with E-state index in [2.05, 4.69) is 4.98 Å². The third-order valence-electron chi connectivity index (χ3n) is 1.68. The second kappa shape index (κ2) is 6.00. The highest BCUT2D eigenvalue weighted by atomic mass is 35.5. The summed E-state index contributed by atoms with van der Waals surface area (Å²) in [6.07, 6.45) is 4.30. The number of halogens is 1. The number of rotatable bonds is 6. The molecular weight excluding hydrogens is 190 g/mol. The van der Waals surface area contributed by atoms with Gasteiger partial charge in [0.05, 0.1) is 6.20 Å². The predicted molar refractivity (Wildman–Crippen MR) is 51.1 cm³/mol. The summed E-state index contributed by atoms with van der Waals surface area (Å²) >= 11 is 5.55. The van der Waals surface area contributed by atoms with Crippen molar-refractivity contribution >= 4 is 11.6 Å². The Morgan fingerprint density at radius 2 is 2.38 bits per heavy atom. The number of aromatic nitrogens is 1. The molecule has 0 aliphatic carbocycles. The average molecular weight is 204 g/mol. The monoisotopic (exact) mass is 203 g/mol. The van der Waals surface area contributed by atoms with E-state index in [-0.39, 0.29) is 0 Å². The van der Waals surface area contributed by atoms with Crippen LogP contribution in [0.15, 0.2) is 10.6 Å². The van der Waals surface area contributed by atoms with Crippen LogP contribution in [0.2, 0.25) is 0 Å². The highest BCUT2D eigenvalue weighted by molar-refractivity contribution is 6.17. The first-order valence-corrected chi connectivity index (χ1v) is 4.88. The molecule has 0 aliphatic heterocycles. The Kier molecular flexibility index (Phi) is 4.86. The van der Waals surface area contributed by atoms with Gasteiger partial charge < -0.3 is 9.15 Å². The van der Waals surface area contributed by atoms with Crippen molar-refractivity contribution in [1.29, 1.82) is 0 Å². The summed E-state index contributed by atoms with van der Waals surface area (Å²) in [5.74, 6) is 2.19. The number of oxazole rings is 1. The first kappa shape index (κ1) is 10.5. The summed E-state index contributed by atoms with van der Waals surface area (Å²) in [7, 11) is 1.69. The van der Waals surface area contributed by atoms with Crippen molar-refractivity contribution in [3.63, 3.8) is 0 Å². The normalized spacial score (nSPS) is 10.6. The highest BCUT2D eigenvalue weighted by Crippen LogP contribution is 2.07. The van der Waals surface area contributed by atoms with Crippen molar-refractivity contribution in [1.82, 2.24) is 4.98 Å². The lowest BCUT2D eigenvalue weighted by Gasteiger charge is -1.95. The molecule has 0 saturated heterocycles.